The number of nitrogens with one attached hydrogen (secondary N) is 3. The molecule has 7 heteroatoms. The second kappa shape index (κ2) is 9.20. The predicted octanol–water partition coefficient (Wildman–Crippen LogP) is 4.49. The molecule has 0 saturated heterocycles. The molecule has 32 heavy (non-hydrogen) atoms. The van der Waals surface area contributed by atoms with Crippen molar-refractivity contribution in [2.24, 2.45) is 0 Å². The van der Waals surface area contributed by atoms with E-state index >= 15 is 0 Å². The number of aromatic amines is 1. The van der Waals surface area contributed by atoms with Crippen LogP contribution in [0.4, 0.5) is 4.39 Å². The Morgan fingerprint density at radius 1 is 1.16 bits per heavy atom. The highest BCUT2D eigenvalue weighted by Crippen LogP contribution is 2.39. The largest absolute Gasteiger partial charge is 0.356 e. The van der Waals surface area contributed by atoms with Crippen LogP contribution in [0.3, 0.4) is 0 Å². The highest BCUT2D eigenvalue weighted by atomic mass is 32.2. The molecule has 166 valence electrons. The summed E-state index contributed by atoms with van der Waals surface area (Å²) in [4.78, 5) is 28.6. The third-order valence-corrected chi connectivity index (χ3v) is 7.19. The maximum Gasteiger partial charge on any atom is 0.251 e. The number of fused-ring (bicyclic) bond motifs is 1. The van der Waals surface area contributed by atoms with E-state index in [0.717, 1.165) is 32.7 Å². The summed E-state index contributed by atoms with van der Waals surface area (Å²) in [6, 6.07) is 10.7. The quantitative estimate of drug-likeness (QED) is 0.517. The number of hydrogen-bond acceptors (Lipinski definition) is 3. The second-order valence-corrected chi connectivity index (χ2v) is 9.20. The van der Waals surface area contributed by atoms with Gasteiger partial charge in [0.2, 0.25) is 5.91 Å². The first-order chi connectivity index (χ1) is 15.4. The van der Waals surface area contributed by atoms with Crippen molar-refractivity contribution in [1.29, 1.82) is 0 Å². The summed E-state index contributed by atoms with van der Waals surface area (Å²) >= 11 is 1.54. The predicted molar refractivity (Wildman–Crippen MR) is 128 cm³/mol. The summed E-state index contributed by atoms with van der Waals surface area (Å²) in [5.74, 6) is -0.373. The van der Waals surface area contributed by atoms with Gasteiger partial charge in [0.25, 0.3) is 5.91 Å². The molecule has 2 aromatic carbocycles. The highest BCUT2D eigenvalue weighted by molar-refractivity contribution is 8.09. The van der Waals surface area contributed by atoms with Crippen LogP contribution in [0.25, 0.3) is 15.8 Å². The number of allylic oxidation sites excluding steroid dienone is 1. The van der Waals surface area contributed by atoms with Crippen molar-refractivity contribution in [3.8, 4) is 0 Å². The van der Waals surface area contributed by atoms with Crippen LogP contribution in [0.2, 0.25) is 0 Å². The summed E-state index contributed by atoms with van der Waals surface area (Å²) < 4.78 is 14.1. The standard InChI is InChI=1S/C25H26FN3O2S/c1-14-4-9-19(26)23-22(14)18(15(2)29-23)12-13-28-25(31)21-11-10-20(32-21)16-5-7-17(8-6-16)24(30)27-3/h4-10,21,29H,11-13H2,1-3H3,(H,27,30)(H,28,31). The van der Waals surface area contributed by atoms with E-state index in [1.807, 2.05) is 26.0 Å². The molecule has 0 aliphatic carbocycles. The first-order valence-corrected chi connectivity index (χ1v) is 11.5. The Morgan fingerprint density at radius 3 is 2.62 bits per heavy atom. The van der Waals surface area contributed by atoms with Crippen LogP contribution in [0.1, 0.15) is 39.2 Å². The van der Waals surface area contributed by atoms with Crippen molar-refractivity contribution < 1.29 is 14.0 Å². The number of amides is 2. The smallest absolute Gasteiger partial charge is 0.251 e. The molecule has 0 saturated carbocycles. The molecule has 0 fully saturated rings. The van der Waals surface area contributed by atoms with E-state index in [-0.39, 0.29) is 22.9 Å². The Morgan fingerprint density at radius 2 is 1.91 bits per heavy atom. The van der Waals surface area contributed by atoms with Gasteiger partial charge in [0.05, 0.1) is 10.8 Å². The Bertz CT molecular complexity index is 1210. The highest BCUT2D eigenvalue weighted by Gasteiger charge is 2.25. The van der Waals surface area contributed by atoms with Gasteiger partial charge in [0.15, 0.2) is 0 Å². The molecule has 1 aliphatic rings. The van der Waals surface area contributed by atoms with Gasteiger partial charge in [-0.3, -0.25) is 9.59 Å². The zero-order chi connectivity index (χ0) is 22.8. The lowest BCUT2D eigenvalue weighted by atomic mass is 10.0. The number of carbonyl (C=O) groups excluding carboxylic acids is 2. The molecule has 1 aromatic heterocycles. The molecule has 1 unspecified atom stereocenters. The van der Waals surface area contributed by atoms with Crippen molar-refractivity contribution >= 4 is 39.4 Å². The van der Waals surface area contributed by atoms with Crippen LogP contribution < -0.4 is 10.6 Å². The van der Waals surface area contributed by atoms with Gasteiger partial charge in [0, 0.05) is 35.1 Å². The Kier molecular flexibility index (Phi) is 6.37. The number of aromatic nitrogens is 1. The van der Waals surface area contributed by atoms with Crippen molar-refractivity contribution in [1.82, 2.24) is 15.6 Å². The minimum Gasteiger partial charge on any atom is -0.356 e. The zero-order valence-corrected chi connectivity index (χ0v) is 19.2. The van der Waals surface area contributed by atoms with Crippen molar-refractivity contribution in [2.45, 2.75) is 31.9 Å². The average Bonchev–Trinajstić information content (AvgIpc) is 3.42. The van der Waals surface area contributed by atoms with Crippen LogP contribution >= 0.6 is 11.8 Å². The fourth-order valence-corrected chi connectivity index (χ4v) is 5.27. The topological polar surface area (TPSA) is 74.0 Å². The third-order valence-electron chi connectivity index (χ3n) is 5.84. The van der Waals surface area contributed by atoms with Gasteiger partial charge >= 0.3 is 0 Å². The minimum atomic E-state index is -0.256. The Hall–Kier alpha value is -3.06. The number of rotatable bonds is 6. The van der Waals surface area contributed by atoms with Crippen molar-refractivity contribution in [3.63, 3.8) is 0 Å². The van der Waals surface area contributed by atoms with E-state index in [2.05, 4.69) is 21.7 Å². The number of halogens is 1. The van der Waals surface area contributed by atoms with Crippen LogP contribution in [0.5, 0.6) is 0 Å². The molecule has 4 rings (SSSR count). The molecule has 2 heterocycles. The molecule has 5 nitrogen and oxygen atoms in total. The number of carbonyl (C=O) groups is 2. The first kappa shape index (κ1) is 22.1. The number of benzene rings is 2. The van der Waals surface area contributed by atoms with E-state index in [0.29, 0.717) is 30.5 Å². The van der Waals surface area contributed by atoms with Crippen molar-refractivity contribution in [2.75, 3.05) is 13.6 Å². The summed E-state index contributed by atoms with van der Waals surface area (Å²) in [5.41, 5.74) is 5.15. The molecule has 1 aliphatic heterocycles. The maximum atomic E-state index is 14.1. The number of hydrogen-bond donors (Lipinski definition) is 3. The maximum absolute atomic E-state index is 14.1. The van der Waals surface area contributed by atoms with E-state index < -0.39 is 0 Å². The van der Waals surface area contributed by atoms with Gasteiger partial charge in [0.1, 0.15) is 5.82 Å². The molecule has 3 aromatic rings. The Labute approximate surface area is 190 Å². The molecule has 0 bridgehead atoms. The lowest BCUT2D eigenvalue weighted by Crippen LogP contribution is -2.33. The first-order valence-electron chi connectivity index (χ1n) is 10.6. The van der Waals surface area contributed by atoms with Gasteiger partial charge in [-0.05, 0) is 61.6 Å². The van der Waals surface area contributed by atoms with E-state index in [1.165, 1.54) is 6.07 Å². The van der Waals surface area contributed by atoms with E-state index in [1.54, 1.807) is 37.0 Å². The van der Waals surface area contributed by atoms with Crippen LogP contribution in [-0.4, -0.2) is 35.6 Å². The summed E-state index contributed by atoms with van der Waals surface area (Å²) in [6.45, 7) is 4.41. The Balaban J connectivity index is 1.34. The number of thioether (sulfide) groups is 1. The van der Waals surface area contributed by atoms with Gasteiger partial charge in [-0.15, -0.1) is 11.8 Å². The van der Waals surface area contributed by atoms with Crippen LogP contribution in [0.15, 0.2) is 42.5 Å². The second-order valence-electron chi connectivity index (χ2n) is 7.95. The van der Waals surface area contributed by atoms with Gasteiger partial charge < -0.3 is 15.6 Å². The molecule has 0 spiro atoms. The summed E-state index contributed by atoms with van der Waals surface area (Å²) in [7, 11) is 1.61. The molecular weight excluding hydrogens is 425 g/mol. The van der Waals surface area contributed by atoms with Gasteiger partial charge in [-0.1, -0.05) is 24.3 Å². The summed E-state index contributed by atoms with van der Waals surface area (Å²) in [6.07, 6.45) is 3.37. The van der Waals surface area contributed by atoms with Gasteiger partial charge in [-0.25, -0.2) is 4.39 Å². The zero-order valence-electron chi connectivity index (χ0n) is 18.3. The number of H-pyrrole nitrogens is 1. The molecule has 2 amide bonds. The fraction of sp³-hybridized carbons (Fsp3) is 0.280. The lowest BCUT2D eigenvalue weighted by molar-refractivity contribution is -0.120. The fourth-order valence-electron chi connectivity index (χ4n) is 4.12. The molecular formula is C25H26FN3O2S. The lowest BCUT2D eigenvalue weighted by Gasteiger charge is -2.12. The normalized spacial score (nSPS) is 15.6. The van der Waals surface area contributed by atoms with E-state index in [9.17, 15) is 14.0 Å². The minimum absolute atomic E-state index is 0.00336. The average molecular weight is 452 g/mol. The van der Waals surface area contributed by atoms with Crippen LogP contribution in [0, 0.1) is 19.7 Å². The van der Waals surface area contributed by atoms with Gasteiger partial charge in [-0.2, -0.15) is 0 Å². The monoisotopic (exact) mass is 451 g/mol. The van der Waals surface area contributed by atoms with Crippen LogP contribution in [-0.2, 0) is 11.2 Å². The molecule has 1 atom stereocenters. The SMILES string of the molecule is CNC(=O)c1ccc(C2=CCC(C(=O)NCCc3c(C)[nH]c4c(F)ccc(C)c34)S2)cc1. The molecule has 0 radical (unpaired) electrons. The van der Waals surface area contributed by atoms with Crippen molar-refractivity contribution in [3.05, 3.63) is 76.2 Å². The van der Waals surface area contributed by atoms with E-state index in [4.69, 9.17) is 0 Å². The summed E-state index contributed by atoms with van der Waals surface area (Å²) in [5, 5.41) is 6.39. The molecule has 3 N–H and O–H groups in total. The third kappa shape index (κ3) is 4.30. The number of aryl methyl sites for hydroxylation is 2.